The highest BCUT2D eigenvalue weighted by molar-refractivity contribution is 5.44. The molecule has 0 bridgehead atoms. The van der Waals surface area contributed by atoms with E-state index in [1.165, 1.54) is 6.07 Å². The van der Waals surface area contributed by atoms with Gasteiger partial charge < -0.3 is 10.5 Å². The molecule has 16 heavy (non-hydrogen) atoms. The monoisotopic (exact) mass is 224 g/mol. The van der Waals surface area contributed by atoms with Crippen molar-refractivity contribution < 1.29 is 9.66 Å². The predicted octanol–water partition coefficient (Wildman–Crippen LogP) is 1.77. The second kappa shape index (κ2) is 6.19. The van der Waals surface area contributed by atoms with E-state index in [4.69, 9.17) is 10.5 Å². The summed E-state index contributed by atoms with van der Waals surface area (Å²) in [5.41, 5.74) is 6.99. The van der Waals surface area contributed by atoms with E-state index in [2.05, 4.69) is 0 Å². The van der Waals surface area contributed by atoms with Crippen LogP contribution in [0.5, 0.6) is 0 Å². The number of hydrogen-bond acceptors (Lipinski definition) is 4. The Bertz CT molecular complexity index is 366. The van der Waals surface area contributed by atoms with Crippen LogP contribution in [0.15, 0.2) is 18.2 Å². The molecule has 0 aliphatic rings. The van der Waals surface area contributed by atoms with Crippen molar-refractivity contribution in [1.82, 2.24) is 0 Å². The van der Waals surface area contributed by atoms with Gasteiger partial charge in [-0.3, -0.25) is 10.1 Å². The van der Waals surface area contributed by atoms with Crippen LogP contribution in [0.1, 0.15) is 17.5 Å². The van der Waals surface area contributed by atoms with E-state index in [-0.39, 0.29) is 10.6 Å². The molecule has 0 radical (unpaired) electrons. The Morgan fingerprint density at radius 2 is 2.25 bits per heavy atom. The molecule has 5 heteroatoms. The minimum absolute atomic E-state index is 0.139. The zero-order valence-electron chi connectivity index (χ0n) is 9.31. The average Bonchev–Trinajstić information content (AvgIpc) is 2.26. The van der Waals surface area contributed by atoms with Crippen molar-refractivity contribution in [2.45, 2.75) is 20.0 Å². The summed E-state index contributed by atoms with van der Waals surface area (Å²) in [5.74, 6) is 0. The van der Waals surface area contributed by atoms with Crippen LogP contribution in [-0.2, 0) is 11.3 Å². The van der Waals surface area contributed by atoms with Crippen LogP contribution in [-0.4, -0.2) is 18.1 Å². The SMILES string of the molecule is Cc1c(COCCCN)cccc1[N+](=O)[O-]. The molecular formula is C11H16N2O3. The minimum atomic E-state index is -0.376. The van der Waals surface area contributed by atoms with Gasteiger partial charge in [-0.15, -0.1) is 0 Å². The highest BCUT2D eigenvalue weighted by Crippen LogP contribution is 2.21. The molecule has 1 aromatic rings. The summed E-state index contributed by atoms with van der Waals surface area (Å²) in [7, 11) is 0. The first-order valence-corrected chi connectivity index (χ1v) is 5.17. The largest absolute Gasteiger partial charge is 0.377 e. The minimum Gasteiger partial charge on any atom is -0.377 e. The summed E-state index contributed by atoms with van der Waals surface area (Å²) in [6.45, 7) is 3.31. The van der Waals surface area contributed by atoms with Gasteiger partial charge in [0.25, 0.3) is 5.69 Å². The number of ether oxygens (including phenoxy) is 1. The fourth-order valence-electron chi connectivity index (χ4n) is 1.39. The topological polar surface area (TPSA) is 78.4 Å². The molecule has 0 unspecified atom stereocenters. The van der Waals surface area contributed by atoms with Crippen LogP contribution in [0.3, 0.4) is 0 Å². The number of hydrogen-bond donors (Lipinski definition) is 1. The molecule has 1 rings (SSSR count). The quantitative estimate of drug-likeness (QED) is 0.453. The fourth-order valence-corrected chi connectivity index (χ4v) is 1.39. The van der Waals surface area contributed by atoms with Gasteiger partial charge >= 0.3 is 0 Å². The third-order valence-corrected chi connectivity index (χ3v) is 2.36. The van der Waals surface area contributed by atoms with Gasteiger partial charge in [0.15, 0.2) is 0 Å². The van der Waals surface area contributed by atoms with Crippen LogP contribution >= 0.6 is 0 Å². The van der Waals surface area contributed by atoms with Gasteiger partial charge in [0.1, 0.15) is 0 Å². The molecule has 0 fully saturated rings. The van der Waals surface area contributed by atoms with Crippen molar-refractivity contribution in [3.63, 3.8) is 0 Å². The number of nitro benzene ring substituents is 1. The van der Waals surface area contributed by atoms with Crippen LogP contribution in [0.25, 0.3) is 0 Å². The summed E-state index contributed by atoms with van der Waals surface area (Å²) >= 11 is 0. The van der Waals surface area contributed by atoms with Crippen LogP contribution < -0.4 is 5.73 Å². The standard InChI is InChI=1S/C11H16N2O3/c1-9-10(8-16-7-3-6-12)4-2-5-11(9)13(14)15/h2,4-5H,3,6-8,12H2,1H3. The van der Waals surface area contributed by atoms with Crippen molar-refractivity contribution in [3.8, 4) is 0 Å². The number of nitrogens with zero attached hydrogens (tertiary/aromatic N) is 1. The lowest BCUT2D eigenvalue weighted by Crippen LogP contribution is -2.05. The first-order chi connectivity index (χ1) is 7.66. The van der Waals surface area contributed by atoms with Crippen molar-refractivity contribution in [3.05, 3.63) is 39.4 Å². The van der Waals surface area contributed by atoms with Gasteiger partial charge in [-0.2, -0.15) is 0 Å². The molecule has 0 spiro atoms. The Balaban J connectivity index is 2.66. The lowest BCUT2D eigenvalue weighted by molar-refractivity contribution is -0.385. The second-order valence-corrected chi connectivity index (χ2v) is 3.51. The lowest BCUT2D eigenvalue weighted by atomic mass is 10.1. The van der Waals surface area contributed by atoms with Crippen LogP contribution in [0.2, 0.25) is 0 Å². The van der Waals surface area contributed by atoms with Crippen LogP contribution in [0.4, 0.5) is 5.69 Å². The van der Waals surface area contributed by atoms with Crippen molar-refractivity contribution in [2.24, 2.45) is 5.73 Å². The third-order valence-electron chi connectivity index (χ3n) is 2.36. The first-order valence-electron chi connectivity index (χ1n) is 5.17. The van der Waals surface area contributed by atoms with Gasteiger partial charge in [0.05, 0.1) is 11.5 Å². The van der Waals surface area contributed by atoms with E-state index in [0.29, 0.717) is 25.3 Å². The first kappa shape index (κ1) is 12.6. The Labute approximate surface area is 94.4 Å². The maximum absolute atomic E-state index is 10.7. The second-order valence-electron chi connectivity index (χ2n) is 3.51. The Kier molecular flexibility index (Phi) is 4.88. The van der Waals surface area contributed by atoms with E-state index in [9.17, 15) is 10.1 Å². The molecule has 0 aromatic heterocycles. The predicted molar refractivity (Wildman–Crippen MR) is 61.2 cm³/mol. The molecule has 0 saturated heterocycles. The number of nitrogens with two attached hydrogens (primary N) is 1. The summed E-state index contributed by atoms with van der Waals surface area (Å²) in [4.78, 5) is 10.3. The van der Waals surface area contributed by atoms with Crippen molar-refractivity contribution in [2.75, 3.05) is 13.2 Å². The van der Waals surface area contributed by atoms with Gasteiger partial charge in [-0.25, -0.2) is 0 Å². The van der Waals surface area contributed by atoms with E-state index >= 15 is 0 Å². The average molecular weight is 224 g/mol. The molecule has 0 saturated carbocycles. The summed E-state index contributed by atoms with van der Waals surface area (Å²) in [5, 5.41) is 10.7. The normalized spacial score (nSPS) is 10.4. The highest BCUT2D eigenvalue weighted by Gasteiger charge is 2.12. The maximum atomic E-state index is 10.7. The maximum Gasteiger partial charge on any atom is 0.272 e. The fraction of sp³-hybridized carbons (Fsp3) is 0.455. The summed E-state index contributed by atoms with van der Waals surface area (Å²) in [6, 6.07) is 5.01. The van der Waals surface area contributed by atoms with Crippen molar-refractivity contribution in [1.29, 1.82) is 0 Å². The number of benzene rings is 1. The molecule has 88 valence electrons. The molecule has 5 nitrogen and oxygen atoms in total. The number of rotatable bonds is 6. The van der Waals surface area contributed by atoms with E-state index in [1.54, 1.807) is 13.0 Å². The Hall–Kier alpha value is -1.46. The number of nitro groups is 1. The zero-order valence-corrected chi connectivity index (χ0v) is 9.31. The molecule has 0 aliphatic carbocycles. The smallest absolute Gasteiger partial charge is 0.272 e. The van der Waals surface area contributed by atoms with E-state index in [1.807, 2.05) is 6.07 Å². The molecule has 2 N–H and O–H groups in total. The third kappa shape index (κ3) is 3.29. The zero-order chi connectivity index (χ0) is 12.0. The molecule has 0 atom stereocenters. The summed E-state index contributed by atoms with van der Waals surface area (Å²) < 4.78 is 5.37. The molecule has 1 aromatic carbocycles. The van der Waals surface area contributed by atoms with Gasteiger partial charge in [0, 0.05) is 18.2 Å². The lowest BCUT2D eigenvalue weighted by Gasteiger charge is -2.06. The molecule has 0 heterocycles. The summed E-state index contributed by atoms with van der Waals surface area (Å²) in [6.07, 6.45) is 0.800. The van der Waals surface area contributed by atoms with Gasteiger partial charge in [-0.05, 0) is 25.5 Å². The van der Waals surface area contributed by atoms with Crippen LogP contribution in [0, 0.1) is 17.0 Å². The van der Waals surface area contributed by atoms with Gasteiger partial charge in [-0.1, -0.05) is 12.1 Å². The Morgan fingerprint density at radius 3 is 2.88 bits per heavy atom. The molecular weight excluding hydrogens is 208 g/mol. The Morgan fingerprint density at radius 1 is 1.50 bits per heavy atom. The van der Waals surface area contributed by atoms with E-state index in [0.717, 1.165) is 12.0 Å². The van der Waals surface area contributed by atoms with Gasteiger partial charge in [0.2, 0.25) is 0 Å². The van der Waals surface area contributed by atoms with E-state index < -0.39 is 0 Å². The highest BCUT2D eigenvalue weighted by atomic mass is 16.6. The molecule has 0 amide bonds. The molecule has 0 aliphatic heterocycles. The van der Waals surface area contributed by atoms with Crippen molar-refractivity contribution >= 4 is 5.69 Å².